The van der Waals surface area contributed by atoms with Gasteiger partial charge in [-0.25, -0.2) is 0 Å². The van der Waals surface area contributed by atoms with E-state index in [1.54, 1.807) is 0 Å². The van der Waals surface area contributed by atoms with Crippen LogP contribution in [0, 0.1) is 0 Å². The first-order valence-electron chi connectivity index (χ1n) is 4.33. The van der Waals surface area contributed by atoms with Gasteiger partial charge in [0.1, 0.15) is 0 Å². The fourth-order valence-corrected chi connectivity index (χ4v) is 0.861. The van der Waals surface area contributed by atoms with Gasteiger partial charge in [0.15, 0.2) is 0 Å². The smallest absolute Gasteiger partial charge is 0.248 e. The van der Waals surface area contributed by atoms with Crippen molar-refractivity contribution in [1.82, 2.24) is 10.6 Å². The van der Waals surface area contributed by atoms with E-state index in [9.17, 15) is 4.79 Å². The third-order valence-electron chi connectivity index (χ3n) is 1.68. The Morgan fingerprint density at radius 3 is 2.00 bits per heavy atom. The van der Waals surface area contributed by atoms with Crippen LogP contribution in [0.2, 0.25) is 0 Å². The molecule has 3 heteroatoms. The number of nitrogens with one attached hydrogen (secondary N) is 2. The zero-order valence-corrected chi connectivity index (χ0v) is 8.32. The molecule has 0 saturated carbocycles. The van der Waals surface area contributed by atoms with Crippen LogP contribution in [0.3, 0.4) is 0 Å². The van der Waals surface area contributed by atoms with E-state index in [0.717, 1.165) is 17.8 Å². The number of carbonyl (C=O) groups excluding carboxylic acids is 1. The van der Waals surface area contributed by atoms with E-state index < -0.39 is 0 Å². The van der Waals surface area contributed by atoms with Gasteiger partial charge in [-0.1, -0.05) is 0 Å². The molecule has 0 aliphatic heterocycles. The highest BCUT2D eigenvalue weighted by Crippen LogP contribution is 1.98. The van der Waals surface area contributed by atoms with Gasteiger partial charge in [-0.05, 0) is 27.7 Å². The predicted molar refractivity (Wildman–Crippen MR) is 50.7 cm³/mol. The monoisotopic (exact) mass is 170 g/mol. The molecule has 0 bridgehead atoms. The van der Waals surface area contributed by atoms with E-state index in [2.05, 4.69) is 10.6 Å². The second-order valence-electron chi connectivity index (χ2n) is 2.64. The molecule has 0 heterocycles. The lowest BCUT2D eigenvalue weighted by Gasteiger charge is -2.08. The van der Waals surface area contributed by atoms with E-state index in [0.29, 0.717) is 6.54 Å². The predicted octanol–water partition coefficient (Wildman–Crippen LogP) is 1.03. The molecule has 0 spiro atoms. The molecule has 0 aromatic heterocycles. The van der Waals surface area contributed by atoms with Gasteiger partial charge < -0.3 is 10.6 Å². The third-order valence-corrected chi connectivity index (χ3v) is 1.68. The topological polar surface area (TPSA) is 41.1 Å². The van der Waals surface area contributed by atoms with Crippen LogP contribution in [0.1, 0.15) is 27.7 Å². The highest BCUT2D eigenvalue weighted by molar-refractivity contribution is 5.93. The molecule has 0 aliphatic rings. The Hall–Kier alpha value is -0.990. The minimum atomic E-state index is 0.0101. The van der Waals surface area contributed by atoms with Crippen molar-refractivity contribution < 1.29 is 4.79 Å². The molecule has 0 rings (SSSR count). The highest BCUT2D eigenvalue weighted by Gasteiger charge is 2.04. The summed E-state index contributed by atoms with van der Waals surface area (Å²) in [6.07, 6.45) is 0. The fraction of sp³-hybridized carbons (Fsp3) is 0.667. The minimum absolute atomic E-state index is 0.0101. The Kier molecular flexibility index (Phi) is 5.17. The summed E-state index contributed by atoms with van der Waals surface area (Å²) in [5.41, 5.74) is 1.71. The van der Waals surface area contributed by atoms with Gasteiger partial charge in [-0.15, -0.1) is 0 Å². The number of amides is 1. The summed E-state index contributed by atoms with van der Waals surface area (Å²) in [5.74, 6) is 0.0101. The molecule has 0 aromatic carbocycles. The van der Waals surface area contributed by atoms with Gasteiger partial charge >= 0.3 is 0 Å². The number of allylic oxidation sites excluding steroid dienone is 1. The summed E-state index contributed by atoms with van der Waals surface area (Å²) in [4.78, 5) is 11.3. The van der Waals surface area contributed by atoms with E-state index in [1.807, 2.05) is 27.7 Å². The van der Waals surface area contributed by atoms with Gasteiger partial charge in [0.2, 0.25) is 5.91 Å². The lowest BCUT2D eigenvalue weighted by atomic mass is 10.2. The maximum atomic E-state index is 11.3. The van der Waals surface area contributed by atoms with Crippen molar-refractivity contribution in [2.45, 2.75) is 27.7 Å². The number of hydrogen-bond donors (Lipinski definition) is 2. The maximum Gasteiger partial charge on any atom is 0.248 e. The summed E-state index contributed by atoms with van der Waals surface area (Å²) in [6.45, 7) is 9.18. The molecular weight excluding hydrogens is 152 g/mol. The minimum Gasteiger partial charge on any atom is -0.388 e. The van der Waals surface area contributed by atoms with Gasteiger partial charge in [-0.3, -0.25) is 4.79 Å². The van der Waals surface area contributed by atoms with Crippen LogP contribution in [-0.4, -0.2) is 19.0 Å². The molecule has 1 amide bonds. The molecule has 12 heavy (non-hydrogen) atoms. The van der Waals surface area contributed by atoms with Crippen molar-refractivity contribution in [1.29, 1.82) is 0 Å². The number of rotatable bonds is 4. The molecule has 0 saturated heterocycles. The quantitative estimate of drug-likeness (QED) is 0.619. The van der Waals surface area contributed by atoms with Crippen LogP contribution < -0.4 is 10.6 Å². The highest BCUT2D eigenvalue weighted by atomic mass is 16.1. The van der Waals surface area contributed by atoms with Crippen LogP contribution >= 0.6 is 0 Å². The zero-order chi connectivity index (χ0) is 9.56. The van der Waals surface area contributed by atoms with Crippen molar-refractivity contribution in [3.05, 3.63) is 11.3 Å². The van der Waals surface area contributed by atoms with E-state index in [-0.39, 0.29) is 5.91 Å². The second-order valence-corrected chi connectivity index (χ2v) is 2.64. The molecule has 0 radical (unpaired) electrons. The van der Waals surface area contributed by atoms with Gasteiger partial charge in [0.05, 0.1) is 0 Å². The molecule has 0 unspecified atom stereocenters. The molecule has 70 valence electrons. The summed E-state index contributed by atoms with van der Waals surface area (Å²) < 4.78 is 0. The number of carbonyl (C=O) groups is 1. The first-order valence-corrected chi connectivity index (χ1v) is 4.33. The number of likely N-dealkylation sites (N-methyl/N-ethyl adjacent to an activating group) is 1. The van der Waals surface area contributed by atoms with Crippen molar-refractivity contribution in [3.63, 3.8) is 0 Å². The van der Waals surface area contributed by atoms with Crippen molar-refractivity contribution in [3.8, 4) is 0 Å². The molecule has 0 aromatic rings. The summed E-state index contributed by atoms with van der Waals surface area (Å²) >= 11 is 0. The van der Waals surface area contributed by atoms with Crippen LogP contribution in [0.5, 0.6) is 0 Å². The Morgan fingerprint density at radius 1 is 1.08 bits per heavy atom. The standard InChI is InChI=1S/C9H18N2O/c1-5-10-8(4)7(3)9(12)11-6-2/h10H,5-6H2,1-4H3,(H,11,12)/b8-7-. The van der Waals surface area contributed by atoms with Crippen LogP contribution in [-0.2, 0) is 4.79 Å². The Balaban J connectivity index is 4.22. The molecule has 0 fully saturated rings. The molecule has 0 atom stereocenters. The van der Waals surface area contributed by atoms with Gasteiger partial charge in [-0.2, -0.15) is 0 Å². The average molecular weight is 170 g/mol. The van der Waals surface area contributed by atoms with Crippen molar-refractivity contribution >= 4 is 5.91 Å². The van der Waals surface area contributed by atoms with E-state index >= 15 is 0 Å². The van der Waals surface area contributed by atoms with Crippen LogP contribution in [0.25, 0.3) is 0 Å². The molecule has 0 aliphatic carbocycles. The molecular formula is C9H18N2O. The Labute approximate surface area is 74.2 Å². The SMILES string of the molecule is CCNC(=O)/C(C)=C(/C)NCC. The largest absolute Gasteiger partial charge is 0.388 e. The lowest BCUT2D eigenvalue weighted by molar-refractivity contribution is -0.117. The summed E-state index contributed by atoms with van der Waals surface area (Å²) in [5, 5.41) is 5.85. The second kappa shape index (κ2) is 5.63. The summed E-state index contributed by atoms with van der Waals surface area (Å²) in [7, 11) is 0. The summed E-state index contributed by atoms with van der Waals surface area (Å²) in [6, 6.07) is 0. The van der Waals surface area contributed by atoms with E-state index in [1.165, 1.54) is 0 Å². The molecule has 3 nitrogen and oxygen atoms in total. The van der Waals surface area contributed by atoms with Crippen LogP contribution in [0.15, 0.2) is 11.3 Å². The number of hydrogen-bond acceptors (Lipinski definition) is 2. The fourth-order valence-electron chi connectivity index (χ4n) is 0.861. The van der Waals surface area contributed by atoms with E-state index in [4.69, 9.17) is 0 Å². The van der Waals surface area contributed by atoms with Crippen LogP contribution in [0.4, 0.5) is 0 Å². The average Bonchev–Trinajstić information content (AvgIpc) is 2.04. The first-order chi connectivity index (χ1) is 5.63. The first kappa shape index (κ1) is 11.0. The normalized spacial score (nSPS) is 12.0. The lowest BCUT2D eigenvalue weighted by Crippen LogP contribution is -2.26. The van der Waals surface area contributed by atoms with Gasteiger partial charge in [0, 0.05) is 24.4 Å². The maximum absolute atomic E-state index is 11.3. The van der Waals surface area contributed by atoms with Crippen molar-refractivity contribution in [2.24, 2.45) is 0 Å². The zero-order valence-electron chi connectivity index (χ0n) is 8.32. The van der Waals surface area contributed by atoms with Crippen molar-refractivity contribution in [2.75, 3.05) is 13.1 Å². The third kappa shape index (κ3) is 3.42. The Bertz CT molecular complexity index is 185. The molecule has 2 N–H and O–H groups in total. The Morgan fingerprint density at radius 2 is 1.58 bits per heavy atom. The van der Waals surface area contributed by atoms with Gasteiger partial charge in [0.25, 0.3) is 0 Å².